The number of amides is 1. The summed E-state index contributed by atoms with van der Waals surface area (Å²) in [7, 11) is 0. The monoisotopic (exact) mass is 262 g/mol. The van der Waals surface area contributed by atoms with Gasteiger partial charge in [0.15, 0.2) is 0 Å². The highest BCUT2D eigenvalue weighted by molar-refractivity contribution is 6.45. The molecular formula is C13H11ClN2O2. The maximum absolute atomic E-state index is 11.9. The van der Waals surface area contributed by atoms with Crippen molar-refractivity contribution in [3.8, 4) is 0 Å². The third-order valence-electron chi connectivity index (χ3n) is 2.50. The number of carbonyl (C=O) groups excluding carboxylic acids is 2. The number of hydrogen-bond acceptors (Lipinski definition) is 2. The second kappa shape index (κ2) is 5.06. The van der Waals surface area contributed by atoms with Gasteiger partial charge in [0.1, 0.15) is 0 Å². The number of aromatic amines is 1. The van der Waals surface area contributed by atoms with Gasteiger partial charge in [-0.2, -0.15) is 0 Å². The van der Waals surface area contributed by atoms with E-state index in [1.807, 2.05) is 0 Å². The Balaban J connectivity index is 2.36. The first-order chi connectivity index (χ1) is 8.63. The molecule has 0 saturated carbocycles. The molecule has 0 spiro atoms. The van der Waals surface area contributed by atoms with E-state index in [2.05, 4.69) is 16.9 Å². The van der Waals surface area contributed by atoms with Crippen LogP contribution < -0.4 is 5.32 Å². The lowest BCUT2D eigenvalue weighted by Crippen LogP contribution is -2.30. The first kappa shape index (κ1) is 12.4. The quantitative estimate of drug-likeness (QED) is 0.505. The summed E-state index contributed by atoms with van der Waals surface area (Å²) in [4.78, 5) is 26.4. The molecule has 0 unspecified atom stereocenters. The van der Waals surface area contributed by atoms with Gasteiger partial charge in [-0.25, -0.2) is 0 Å². The molecule has 1 heterocycles. The first-order valence-electron chi connectivity index (χ1n) is 5.33. The van der Waals surface area contributed by atoms with Gasteiger partial charge in [0.05, 0.1) is 5.56 Å². The van der Waals surface area contributed by atoms with E-state index in [-0.39, 0.29) is 6.54 Å². The molecular weight excluding hydrogens is 252 g/mol. The third kappa shape index (κ3) is 2.28. The lowest BCUT2D eigenvalue weighted by atomic mass is 10.1. The zero-order valence-electron chi connectivity index (χ0n) is 9.50. The topological polar surface area (TPSA) is 62.0 Å². The Morgan fingerprint density at radius 3 is 2.94 bits per heavy atom. The molecule has 4 nitrogen and oxygen atoms in total. The Kier molecular flexibility index (Phi) is 3.48. The molecule has 0 saturated heterocycles. The van der Waals surface area contributed by atoms with Crippen molar-refractivity contribution < 1.29 is 9.59 Å². The van der Waals surface area contributed by atoms with Gasteiger partial charge < -0.3 is 10.3 Å². The number of carbonyl (C=O) groups is 2. The number of Topliss-reactive ketones (excluding diaryl/α,β-unsaturated/α-hetero) is 1. The van der Waals surface area contributed by atoms with Crippen molar-refractivity contribution in [2.24, 2.45) is 0 Å². The molecule has 2 aromatic rings. The van der Waals surface area contributed by atoms with E-state index < -0.39 is 11.7 Å². The van der Waals surface area contributed by atoms with Gasteiger partial charge in [-0.1, -0.05) is 17.7 Å². The lowest BCUT2D eigenvalue weighted by molar-refractivity contribution is -0.116. The standard InChI is InChI=1S/C13H11ClN2O2/c1-2-5-15-13(18)12(17)10-7-16-11-4-3-8(14)6-9(10)11/h2-4,6-7,16H,1,5H2,(H,15,18). The molecule has 0 aliphatic rings. The second-order valence-electron chi connectivity index (χ2n) is 3.72. The average Bonchev–Trinajstić information content (AvgIpc) is 2.77. The number of halogens is 1. The van der Waals surface area contributed by atoms with Crippen LogP contribution in [0.2, 0.25) is 5.02 Å². The smallest absolute Gasteiger partial charge is 0.292 e. The zero-order chi connectivity index (χ0) is 13.1. The van der Waals surface area contributed by atoms with E-state index in [4.69, 9.17) is 11.6 Å². The number of ketones is 1. The number of aromatic nitrogens is 1. The van der Waals surface area contributed by atoms with E-state index >= 15 is 0 Å². The van der Waals surface area contributed by atoms with E-state index in [0.29, 0.717) is 16.0 Å². The van der Waals surface area contributed by atoms with Gasteiger partial charge in [-0.15, -0.1) is 6.58 Å². The largest absolute Gasteiger partial charge is 0.360 e. The molecule has 2 N–H and O–H groups in total. The van der Waals surface area contributed by atoms with Crippen molar-refractivity contribution >= 4 is 34.2 Å². The van der Waals surface area contributed by atoms with Crippen LogP contribution >= 0.6 is 11.6 Å². The Morgan fingerprint density at radius 2 is 2.22 bits per heavy atom. The van der Waals surface area contributed by atoms with Gasteiger partial charge in [-0.3, -0.25) is 9.59 Å². The summed E-state index contributed by atoms with van der Waals surface area (Å²) in [6.45, 7) is 3.72. The Hall–Kier alpha value is -2.07. The highest BCUT2D eigenvalue weighted by Gasteiger charge is 2.19. The molecule has 0 radical (unpaired) electrons. The highest BCUT2D eigenvalue weighted by Crippen LogP contribution is 2.22. The van der Waals surface area contributed by atoms with Gasteiger partial charge in [0, 0.05) is 28.7 Å². The van der Waals surface area contributed by atoms with Gasteiger partial charge in [-0.05, 0) is 18.2 Å². The summed E-state index contributed by atoms with van der Waals surface area (Å²) >= 11 is 5.88. The minimum atomic E-state index is -0.657. The van der Waals surface area contributed by atoms with E-state index in [9.17, 15) is 9.59 Å². The summed E-state index contributed by atoms with van der Waals surface area (Å²) in [6.07, 6.45) is 3.02. The van der Waals surface area contributed by atoms with E-state index in [1.165, 1.54) is 12.3 Å². The number of rotatable bonds is 4. The Bertz CT molecular complexity index is 631. The van der Waals surface area contributed by atoms with Crippen LogP contribution in [0.4, 0.5) is 0 Å². The molecule has 1 amide bonds. The maximum Gasteiger partial charge on any atom is 0.292 e. The fourth-order valence-electron chi connectivity index (χ4n) is 1.65. The molecule has 1 aromatic heterocycles. The predicted octanol–water partition coefficient (Wildman–Crippen LogP) is 2.31. The van der Waals surface area contributed by atoms with Crippen molar-refractivity contribution in [2.75, 3.05) is 6.54 Å². The Morgan fingerprint density at radius 1 is 1.44 bits per heavy atom. The molecule has 0 aliphatic heterocycles. The fourth-order valence-corrected chi connectivity index (χ4v) is 1.82. The van der Waals surface area contributed by atoms with Crippen LogP contribution in [0.15, 0.2) is 37.1 Å². The zero-order valence-corrected chi connectivity index (χ0v) is 10.3. The van der Waals surface area contributed by atoms with Crippen LogP contribution in [-0.4, -0.2) is 23.2 Å². The van der Waals surface area contributed by atoms with Crippen LogP contribution in [0.5, 0.6) is 0 Å². The molecule has 0 fully saturated rings. The van der Waals surface area contributed by atoms with Crippen molar-refractivity contribution in [3.05, 3.63) is 47.6 Å². The van der Waals surface area contributed by atoms with Crippen molar-refractivity contribution in [1.82, 2.24) is 10.3 Å². The molecule has 0 atom stereocenters. The fraction of sp³-hybridized carbons (Fsp3) is 0.0769. The minimum Gasteiger partial charge on any atom is -0.360 e. The van der Waals surface area contributed by atoms with Crippen molar-refractivity contribution in [2.45, 2.75) is 0 Å². The first-order valence-corrected chi connectivity index (χ1v) is 5.71. The number of hydrogen-bond donors (Lipinski definition) is 2. The summed E-state index contributed by atoms with van der Waals surface area (Å²) in [5.74, 6) is -1.25. The summed E-state index contributed by atoms with van der Waals surface area (Å²) < 4.78 is 0. The van der Waals surface area contributed by atoms with E-state index in [0.717, 1.165) is 5.52 Å². The van der Waals surface area contributed by atoms with Crippen molar-refractivity contribution in [1.29, 1.82) is 0 Å². The van der Waals surface area contributed by atoms with Gasteiger partial charge in [0.25, 0.3) is 11.7 Å². The number of H-pyrrole nitrogens is 1. The summed E-state index contributed by atoms with van der Waals surface area (Å²) in [6, 6.07) is 5.13. The molecule has 0 aliphatic carbocycles. The average molecular weight is 263 g/mol. The molecule has 92 valence electrons. The second-order valence-corrected chi connectivity index (χ2v) is 4.16. The molecule has 18 heavy (non-hydrogen) atoms. The SMILES string of the molecule is C=CCNC(=O)C(=O)c1c[nH]c2ccc(Cl)cc12. The number of fused-ring (bicyclic) bond motifs is 1. The number of nitrogens with one attached hydrogen (secondary N) is 2. The predicted molar refractivity (Wildman–Crippen MR) is 70.8 cm³/mol. The van der Waals surface area contributed by atoms with Crippen LogP contribution in [0.1, 0.15) is 10.4 Å². The normalized spacial score (nSPS) is 10.3. The summed E-state index contributed by atoms with van der Waals surface area (Å²) in [5, 5.41) is 3.60. The van der Waals surface area contributed by atoms with Crippen LogP contribution in [0, 0.1) is 0 Å². The van der Waals surface area contributed by atoms with Crippen molar-refractivity contribution in [3.63, 3.8) is 0 Å². The lowest BCUT2D eigenvalue weighted by Gasteiger charge is -2.00. The van der Waals surface area contributed by atoms with Crippen LogP contribution in [0.3, 0.4) is 0 Å². The van der Waals surface area contributed by atoms with E-state index in [1.54, 1.807) is 18.2 Å². The third-order valence-corrected chi connectivity index (χ3v) is 2.74. The molecule has 5 heteroatoms. The highest BCUT2D eigenvalue weighted by atomic mass is 35.5. The maximum atomic E-state index is 11.9. The summed E-state index contributed by atoms with van der Waals surface area (Å²) in [5.41, 5.74) is 1.08. The molecule has 0 bridgehead atoms. The van der Waals surface area contributed by atoms with Crippen LogP contribution in [0.25, 0.3) is 10.9 Å². The molecule has 2 rings (SSSR count). The van der Waals surface area contributed by atoms with Gasteiger partial charge >= 0.3 is 0 Å². The Labute approximate surface area is 109 Å². The minimum absolute atomic E-state index is 0.258. The molecule has 1 aromatic carbocycles. The van der Waals surface area contributed by atoms with Gasteiger partial charge in [0.2, 0.25) is 0 Å². The number of benzene rings is 1. The van der Waals surface area contributed by atoms with Crippen LogP contribution in [-0.2, 0) is 4.79 Å².